The Morgan fingerprint density at radius 2 is 2.11 bits per heavy atom. The van der Waals surface area contributed by atoms with Crippen molar-refractivity contribution in [3.05, 3.63) is 33.3 Å². The molecule has 0 atom stereocenters. The fourth-order valence-electron chi connectivity index (χ4n) is 1.35. The van der Waals surface area contributed by atoms with Crippen molar-refractivity contribution in [2.75, 3.05) is 20.2 Å². The third-order valence-electron chi connectivity index (χ3n) is 2.20. The Bertz CT molecular complexity index is 465. The fourth-order valence-corrected chi connectivity index (χ4v) is 1.92. The summed E-state index contributed by atoms with van der Waals surface area (Å²) in [5.41, 5.74) is 0.345. The maximum atomic E-state index is 12.1. The number of halogens is 2. The van der Waals surface area contributed by atoms with Crippen molar-refractivity contribution in [1.82, 2.24) is 4.90 Å². The van der Waals surface area contributed by atoms with E-state index in [1.165, 1.54) is 11.9 Å². The van der Waals surface area contributed by atoms with Crippen molar-refractivity contribution in [2.24, 2.45) is 0 Å². The average Bonchev–Trinajstić information content (AvgIpc) is 2.32. The lowest BCUT2D eigenvalue weighted by atomic mass is 10.2. The number of amides is 1. The van der Waals surface area contributed by atoms with Crippen LogP contribution in [-0.2, 0) is 9.53 Å². The molecule has 0 spiro atoms. The molecule has 0 aliphatic heterocycles. The molecule has 1 aromatic carbocycles. The van der Waals surface area contributed by atoms with Crippen LogP contribution in [0, 0.1) is 0 Å². The van der Waals surface area contributed by atoms with Gasteiger partial charge in [-0.2, -0.15) is 0 Å². The molecule has 0 bridgehead atoms. The lowest BCUT2D eigenvalue weighted by Crippen LogP contribution is -2.33. The van der Waals surface area contributed by atoms with Crippen LogP contribution in [0.2, 0.25) is 5.02 Å². The molecule has 0 aliphatic rings. The van der Waals surface area contributed by atoms with Crippen molar-refractivity contribution in [3.63, 3.8) is 0 Å². The van der Waals surface area contributed by atoms with Gasteiger partial charge in [0.15, 0.2) is 0 Å². The lowest BCUT2D eigenvalue weighted by molar-refractivity contribution is -0.143. The number of hydrogen-bond donors (Lipinski definition) is 0. The zero-order chi connectivity index (χ0) is 13.7. The number of carbonyl (C=O) groups excluding carboxylic acids is 2. The summed E-state index contributed by atoms with van der Waals surface area (Å²) >= 11 is 9.26. The molecule has 0 N–H and O–H groups in total. The molecular weight excluding hydrogens is 321 g/mol. The Morgan fingerprint density at radius 1 is 1.44 bits per heavy atom. The van der Waals surface area contributed by atoms with Crippen LogP contribution < -0.4 is 0 Å². The smallest absolute Gasteiger partial charge is 0.325 e. The first-order valence-corrected chi connectivity index (χ1v) is 6.49. The van der Waals surface area contributed by atoms with Gasteiger partial charge in [-0.3, -0.25) is 9.59 Å². The van der Waals surface area contributed by atoms with Gasteiger partial charge in [0.05, 0.1) is 17.2 Å². The quantitative estimate of drug-likeness (QED) is 0.795. The van der Waals surface area contributed by atoms with Crippen LogP contribution in [0.25, 0.3) is 0 Å². The van der Waals surface area contributed by atoms with Gasteiger partial charge in [0, 0.05) is 11.5 Å². The van der Waals surface area contributed by atoms with E-state index in [9.17, 15) is 9.59 Å². The minimum Gasteiger partial charge on any atom is -0.465 e. The molecule has 0 radical (unpaired) electrons. The monoisotopic (exact) mass is 333 g/mol. The first-order chi connectivity index (χ1) is 8.47. The summed E-state index contributed by atoms with van der Waals surface area (Å²) in [6, 6.07) is 5.06. The molecule has 0 unspecified atom stereocenters. The lowest BCUT2D eigenvalue weighted by Gasteiger charge is -2.17. The van der Waals surface area contributed by atoms with Crippen LogP contribution in [-0.4, -0.2) is 37.0 Å². The SMILES string of the molecule is CCOC(=O)CN(C)C(=O)c1cccc(Br)c1Cl. The number of benzene rings is 1. The molecule has 0 fully saturated rings. The van der Waals surface area contributed by atoms with Crippen molar-refractivity contribution >= 4 is 39.4 Å². The highest BCUT2D eigenvalue weighted by Crippen LogP contribution is 2.26. The Labute approximate surface area is 119 Å². The van der Waals surface area contributed by atoms with Gasteiger partial charge >= 0.3 is 5.97 Å². The summed E-state index contributed by atoms with van der Waals surface area (Å²) in [7, 11) is 1.52. The van der Waals surface area contributed by atoms with Crippen LogP contribution in [0.15, 0.2) is 22.7 Å². The molecule has 18 heavy (non-hydrogen) atoms. The summed E-state index contributed by atoms with van der Waals surface area (Å²) in [4.78, 5) is 24.6. The Morgan fingerprint density at radius 3 is 2.72 bits per heavy atom. The molecule has 0 saturated carbocycles. The van der Waals surface area contributed by atoms with E-state index in [2.05, 4.69) is 15.9 Å². The third kappa shape index (κ3) is 3.71. The summed E-state index contributed by atoms with van der Waals surface area (Å²) in [5, 5.41) is 0.332. The minimum absolute atomic E-state index is 0.102. The first-order valence-electron chi connectivity index (χ1n) is 5.32. The molecule has 0 saturated heterocycles. The largest absolute Gasteiger partial charge is 0.465 e. The second-order valence-electron chi connectivity index (χ2n) is 3.57. The zero-order valence-corrected chi connectivity index (χ0v) is 12.4. The maximum absolute atomic E-state index is 12.1. The second kappa shape index (κ2) is 6.75. The Balaban J connectivity index is 2.81. The highest BCUT2D eigenvalue weighted by atomic mass is 79.9. The van der Waals surface area contributed by atoms with E-state index >= 15 is 0 Å². The summed E-state index contributed by atoms with van der Waals surface area (Å²) in [6.45, 7) is 1.90. The van der Waals surface area contributed by atoms with E-state index in [1.807, 2.05) is 0 Å². The normalized spacial score (nSPS) is 10.0. The van der Waals surface area contributed by atoms with Gasteiger partial charge in [0.2, 0.25) is 0 Å². The van der Waals surface area contributed by atoms with Gasteiger partial charge in [-0.05, 0) is 35.0 Å². The topological polar surface area (TPSA) is 46.6 Å². The Kier molecular flexibility index (Phi) is 5.62. The zero-order valence-electron chi connectivity index (χ0n) is 10.1. The number of hydrogen-bond acceptors (Lipinski definition) is 3. The molecule has 0 aromatic heterocycles. The van der Waals surface area contributed by atoms with Crippen molar-refractivity contribution in [1.29, 1.82) is 0 Å². The van der Waals surface area contributed by atoms with Crippen molar-refractivity contribution in [2.45, 2.75) is 6.92 Å². The first kappa shape index (κ1) is 15.0. The second-order valence-corrected chi connectivity index (χ2v) is 4.80. The Hall–Kier alpha value is -1.07. The molecular formula is C12H13BrClNO3. The number of ether oxygens (including phenoxy) is 1. The number of nitrogens with zero attached hydrogens (tertiary/aromatic N) is 1. The van der Waals surface area contributed by atoms with Crippen LogP contribution in [0.5, 0.6) is 0 Å². The molecule has 0 aliphatic carbocycles. The van der Waals surface area contributed by atoms with Gasteiger partial charge in [-0.15, -0.1) is 0 Å². The molecule has 4 nitrogen and oxygen atoms in total. The number of carbonyl (C=O) groups is 2. The van der Waals surface area contributed by atoms with Gasteiger partial charge < -0.3 is 9.64 Å². The number of esters is 1. The van der Waals surface area contributed by atoms with E-state index in [0.29, 0.717) is 21.7 Å². The van der Waals surface area contributed by atoms with E-state index < -0.39 is 5.97 Å². The van der Waals surface area contributed by atoms with Crippen molar-refractivity contribution < 1.29 is 14.3 Å². The van der Waals surface area contributed by atoms with Gasteiger partial charge in [-0.25, -0.2) is 0 Å². The predicted octanol–water partition coefficient (Wildman–Crippen LogP) is 2.74. The van der Waals surface area contributed by atoms with Crippen LogP contribution in [0.3, 0.4) is 0 Å². The van der Waals surface area contributed by atoms with Gasteiger partial charge in [-0.1, -0.05) is 17.7 Å². The minimum atomic E-state index is -0.445. The van der Waals surface area contributed by atoms with E-state index in [-0.39, 0.29) is 12.5 Å². The van der Waals surface area contributed by atoms with Crippen molar-refractivity contribution in [3.8, 4) is 0 Å². The molecule has 6 heteroatoms. The van der Waals surface area contributed by atoms with Gasteiger partial charge in [0.25, 0.3) is 5.91 Å². The van der Waals surface area contributed by atoms with Crippen LogP contribution in [0.1, 0.15) is 17.3 Å². The van der Waals surface area contributed by atoms with Crippen LogP contribution in [0.4, 0.5) is 0 Å². The highest BCUT2D eigenvalue weighted by molar-refractivity contribution is 9.10. The molecule has 1 aromatic rings. The number of likely N-dealkylation sites (N-methyl/N-ethyl adjacent to an activating group) is 1. The van der Waals surface area contributed by atoms with Crippen LogP contribution >= 0.6 is 27.5 Å². The molecule has 1 amide bonds. The highest BCUT2D eigenvalue weighted by Gasteiger charge is 2.18. The van der Waals surface area contributed by atoms with E-state index in [4.69, 9.17) is 16.3 Å². The van der Waals surface area contributed by atoms with Gasteiger partial charge in [0.1, 0.15) is 6.54 Å². The predicted molar refractivity (Wildman–Crippen MR) is 72.7 cm³/mol. The fraction of sp³-hybridized carbons (Fsp3) is 0.333. The summed E-state index contributed by atoms with van der Waals surface area (Å²) < 4.78 is 5.42. The number of rotatable bonds is 4. The average molecular weight is 335 g/mol. The maximum Gasteiger partial charge on any atom is 0.325 e. The molecule has 1 rings (SSSR count). The van der Waals surface area contributed by atoms with E-state index in [1.54, 1.807) is 25.1 Å². The third-order valence-corrected chi connectivity index (χ3v) is 3.50. The standard InChI is InChI=1S/C12H13BrClNO3/c1-3-18-10(16)7-15(2)12(17)8-5-4-6-9(13)11(8)14/h4-6H,3,7H2,1-2H3. The molecule has 98 valence electrons. The van der Waals surface area contributed by atoms with E-state index in [0.717, 1.165) is 0 Å². The molecule has 0 heterocycles. The summed E-state index contributed by atoms with van der Waals surface area (Å²) in [6.07, 6.45) is 0. The summed E-state index contributed by atoms with van der Waals surface area (Å²) in [5.74, 6) is -0.770.